The molecule has 1 aromatic rings. The summed E-state index contributed by atoms with van der Waals surface area (Å²) < 4.78 is 10.1. The Bertz CT molecular complexity index is 460. The van der Waals surface area contributed by atoms with E-state index >= 15 is 0 Å². The van der Waals surface area contributed by atoms with E-state index in [1.807, 2.05) is 0 Å². The number of nitrogen functional groups attached to an aromatic ring is 1. The number of nitrogens with one attached hydrogen (secondary N) is 1. The lowest BCUT2D eigenvalue weighted by atomic mass is 10.2. The van der Waals surface area contributed by atoms with Crippen LogP contribution in [0, 0.1) is 0 Å². The van der Waals surface area contributed by atoms with Gasteiger partial charge in [-0.05, 0) is 24.6 Å². The first-order valence-electron chi connectivity index (χ1n) is 5.89. The van der Waals surface area contributed by atoms with Gasteiger partial charge in [-0.25, -0.2) is 4.79 Å². The fourth-order valence-corrected chi connectivity index (χ4v) is 1.48. The highest BCUT2D eigenvalue weighted by Crippen LogP contribution is 2.22. The number of carbonyl (C=O) groups excluding carboxylic acids is 2. The Morgan fingerprint density at radius 1 is 1.37 bits per heavy atom. The van der Waals surface area contributed by atoms with E-state index in [0.717, 1.165) is 0 Å². The zero-order chi connectivity index (χ0) is 14.3. The monoisotopic (exact) mass is 266 g/mol. The van der Waals surface area contributed by atoms with E-state index in [4.69, 9.17) is 10.5 Å². The number of rotatable bonds is 6. The van der Waals surface area contributed by atoms with Crippen LogP contribution < -0.4 is 15.8 Å². The maximum Gasteiger partial charge on any atom is 0.341 e. The second kappa shape index (κ2) is 7.25. The van der Waals surface area contributed by atoms with Gasteiger partial charge < -0.3 is 20.5 Å². The van der Waals surface area contributed by atoms with Crippen LogP contribution in [-0.2, 0) is 9.53 Å². The normalized spacial score (nSPS) is 9.79. The average Bonchev–Trinajstić information content (AvgIpc) is 2.43. The van der Waals surface area contributed by atoms with E-state index in [0.29, 0.717) is 30.9 Å². The second-order valence-electron chi connectivity index (χ2n) is 3.87. The van der Waals surface area contributed by atoms with Gasteiger partial charge in [-0.3, -0.25) is 4.79 Å². The van der Waals surface area contributed by atoms with Crippen molar-refractivity contribution in [1.29, 1.82) is 0 Å². The topological polar surface area (TPSA) is 90.6 Å². The standard InChI is InChI=1S/C13H18N2O4/c1-15-12(16)4-3-7-19-11-6-5-9(14)8-10(11)13(17)18-2/h5-6,8H,3-4,7,14H2,1-2H3,(H,15,16). The van der Waals surface area contributed by atoms with Gasteiger partial charge >= 0.3 is 5.97 Å². The largest absolute Gasteiger partial charge is 0.493 e. The molecule has 0 fully saturated rings. The SMILES string of the molecule is CNC(=O)CCCOc1ccc(N)cc1C(=O)OC. The minimum absolute atomic E-state index is 0.0471. The smallest absolute Gasteiger partial charge is 0.341 e. The predicted octanol–water partition coefficient (Wildman–Crippen LogP) is 0.960. The van der Waals surface area contributed by atoms with Gasteiger partial charge in [0.05, 0.1) is 13.7 Å². The van der Waals surface area contributed by atoms with Crippen molar-refractivity contribution in [1.82, 2.24) is 5.32 Å². The molecule has 3 N–H and O–H groups in total. The molecule has 0 unspecified atom stereocenters. The van der Waals surface area contributed by atoms with Crippen LogP contribution in [0.4, 0.5) is 5.69 Å². The molecule has 1 amide bonds. The molecule has 104 valence electrons. The van der Waals surface area contributed by atoms with Gasteiger partial charge in [0.2, 0.25) is 5.91 Å². The van der Waals surface area contributed by atoms with Crippen molar-refractivity contribution in [3.63, 3.8) is 0 Å². The van der Waals surface area contributed by atoms with E-state index < -0.39 is 5.97 Å². The van der Waals surface area contributed by atoms with Crippen molar-refractivity contribution in [3.8, 4) is 5.75 Å². The summed E-state index contributed by atoms with van der Waals surface area (Å²) in [6.45, 7) is 0.335. The van der Waals surface area contributed by atoms with E-state index in [1.165, 1.54) is 13.2 Å². The first-order valence-corrected chi connectivity index (χ1v) is 5.89. The molecule has 0 atom stereocenters. The maximum atomic E-state index is 11.6. The molecule has 6 nitrogen and oxygen atoms in total. The minimum Gasteiger partial charge on any atom is -0.493 e. The van der Waals surface area contributed by atoms with Crippen LogP contribution in [0.5, 0.6) is 5.75 Å². The molecule has 0 saturated carbocycles. The molecular weight excluding hydrogens is 248 g/mol. The Hall–Kier alpha value is -2.24. The van der Waals surface area contributed by atoms with Crippen LogP contribution in [0.3, 0.4) is 0 Å². The lowest BCUT2D eigenvalue weighted by Gasteiger charge is -2.10. The minimum atomic E-state index is -0.506. The Morgan fingerprint density at radius 2 is 2.11 bits per heavy atom. The van der Waals surface area contributed by atoms with Crippen LogP contribution >= 0.6 is 0 Å². The van der Waals surface area contributed by atoms with Gasteiger partial charge in [0.25, 0.3) is 0 Å². The fourth-order valence-electron chi connectivity index (χ4n) is 1.48. The Balaban J connectivity index is 2.62. The summed E-state index contributed by atoms with van der Waals surface area (Å²) >= 11 is 0. The van der Waals surface area contributed by atoms with Crippen molar-refractivity contribution < 1.29 is 19.1 Å². The Kier molecular flexibility index (Phi) is 5.66. The fraction of sp³-hybridized carbons (Fsp3) is 0.385. The first kappa shape index (κ1) is 14.8. The molecule has 0 aromatic heterocycles. The van der Waals surface area contributed by atoms with Crippen LogP contribution in [0.1, 0.15) is 23.2 Å². The highest BCUT2D eigenvalue weighted by molar-refractivity contribution is 5.93. The molecule has 0 aliphatic rings. The number of carbonyl (C=O) groups is 2. The van der Waals surface area contributed by atoms with Gasteiger partial charge in [-0.15, -0.1) is 0 Å². The maximum absolute atomic E-state index is 11.6. The second-order valence-corrected chi connectivity index (χ2v) is 3.87. The molecule has 0 heterocycles. The molecule has 1 aromatic carbocycles. The van der Waals surface area contributed by atoms with Gasteiger partial charge in [0.1, 0.15) is 11.3 Å². The molecular formula is C13H18N2O4. The van der Waals surface area contributed by atoms with Gasteiger partial charge in [0.15, 0.2) is 0 Å². The Labute approximate surface area is 111 Å². The number of methoxy groups -OCH3 is 1. The summed E-state index contributed by atoms with van der Waals surface area (Å²) in [6, 6.07) is 4.75. The van der Waals surface area contributed by atoms with E-state index in [-0.39, 0.29) is 11.5 Å². The van der Waals surface area contributed by atoms with Crippen molar-refractivity contribution in [2.75, 3.05) is 26.5 Å². The molecule has 1 rings (SSSR count). The van der Waals surface area contributed by atoms with Crippen molar-refractivity contribution in [2.45, 2.75) is 12.8 Å². The zero-order valence-corrected chi connectivity index (χ0v) is 11.1. The highest BCUT2D eigenvalue weighted by atomic mass is 16.5. The zero-order valence-electron chi connectivity index (χ0n) is 11.1. The third-order valence-electron chi connectivity index (χ3n) is 2.49. The number of amides is 1. The average molecular weight is 266 g/mol. The molecule has 0 aliphatic heterocycles. The lowest BCUT2D eigenvalue weighted by molar-refractivity contribution is -0.120. The molecule has 0 radical (unpaired) electrons. The summed E-state index contributed by atoms with van der Waals surface area (Å²) in [5, 5.41) is 2.52. The number of nitrogens with two attached hydrogens (primary N) is 1. The van der Waals surface area contributed by atoms with Crippen LogP contribution in [0.25, 0.3) is 0 Å². The number of hydrogen-bond donors (Lipinski definition) is 2. The summed E-state index contributed by atoms with van der Waals surface area (Å²) in [6.07, 6.45) is 0.934. The lowest BCUT2D eigenvalue weighted by Crippen LogP contribution is -2.18. The van der Waals surface area contributed by atoms with Gasteiger partial charge in [-0.2, -0.15) is 0 Å². The highest BCUT2D eigenvalue weighted by Gasteiger charge is 2.13. The van der Waals surface area contributed by atoms with Gasteiger partial charge in [0, 0.05) is 19.2 Å². The third-order valence-corrected chi connectivity index (χ3v) is 2.49. The molecule has 0 bridgehead atoms. The number of hydrogen-bond acceptors (Lipinski definition) is 5. The molecule has 0 saturated heterocycles. The molecule has 19 heavy (non-hydrogen) atoms. The summed E-state index contributed by atoms with van der Waals surface area (Å²) in [5.41, 5.74) is 6.35. The van der Waals surface area contributed by atoms with Crippen molar-refractivity contribution >= 4 is 17.6 Å². The molecule has 0 aliphatic carbocycles. The number of benzene rings is 1. The van der Waals surface area contributed by atoms with E-state index in [9.17, 15) is 9.59 Å². The molecule has 0 spiro atoms. The van der Waals surface area contributed by atoms with Crippen LogP contribution in [-0.4, -0.2) is 32.6 Å². The van der Waals surface area contributed by atoms with E-state index in [1.54, 1.807) is 19.2 Å². The summed E-state index contributed by atoms with van der Waals surface area (Å²) in [4.78, 5) is 22.6. The summed E-state index contributed by atoms with van der Waals surface area (Å²) in [5.74, 6) is -0.152. The van der Waals surface area contributed by atoms with Crippen molar-refractivity contribution in [2.24, 2.45) is 0 Å². The summed E-state index contributed by atoms with van der Waals surface area (Å²) in [7, 11) is 2.87. The van der Waals surface area contributed by atoms with Crippen molar-refractivity contribution in [3.05, 3.63) is 23.8 Å². The third kappa shape index (κ3) is 4.50. The number of anilines is 1. The first-order chi connectivity index (χ1) is 9.08. The van der Waals surface area contributed by atoms with Crippen LogP contribution in [0.15, 0.2) is 18.2 Å². The Morgan fingerprint density at radius 3 is 2.74 bits per heavy atom. The quantitative estimate of drug-likeness (QED) is 0.454. The number of ether oxygens (including phenoxy) is 2. The predicted molar refractivity (Wildman–Crippen MR) is 71.0 cm³/mol. The van der Waals surface area contributed by atoms with E-state index in [2.05, 4.69) is 10.1 Å². The van der Waals surface area contributed by atoms with Crippen LogP contribution in [0.2, 0.25) is 0 Å². The van der Waals surface area contributed by atoms with Gasteiger partial charge in [-0.1, -0.05) is 0 Å². The molecule has 6 heteroatoms. The number of esters is 1.